The Morgan fingerprint density at radius 3 is 2.09 bits per heavy atom. The van der Waals surface area contributed by atoms with Crippen LogP contribution < -0.4 is 5.73 Å². The molecule has 182 valence electrons. The molecule has 0 atom stereocenters. The van der Waals surface area contributed by atoms with Crippen LogP contribution in [0.1, 0.15) is 59.4 Å². The monoisotopic (exact) mass is 501 g/mol. The zero-order valence-corrected chi connectivity index (χ0v) is 17.6. The minimum absolute atomic E-state index is 0.181. The van der Waals surface area contributed by atoms with Gasteiger partial charge in [-0.15, -0.1) is 0 Å². The minimum atomic E-state index is -4.64. The molecule has 1 aromatic carbocycles. The summed E-state index contributed by atoms with van der Waals surface area (Å²) in [7, 11) is 0. The molecule has 3 rings (SSSR count). The van der Waals surface area contributed by atoms with Crippen molar-refractivity contribution in [2.24, 2.45) is 5.73 Å². The molecule has 1 saturated carbocycles. The molecule has 0 spiro atoms. The van der Waals surface area contributed by atoms with Crippen LogP contribution in [-0.4, -0.2) is 33.5 Å². The highest BCUT2D eigenvalue weighted by Gasteiger charge is 2.44. The molecule has 3 N–H and O–H groups in total. The summed E-state index contributed by atoms with van der Waals surface area (Å²) < 4.78 is 87.8. The maximum atomic E-state index is 13.2. The predicted octanol–water partition coefficient (Wildman–Crippen LogP) is 5.88. The van der Waals surface area contributed by atoms with Gasteiger partial charge in [-0.25, -0.2) is 32.3 Å². The van der Waals surface area contributed by atoms with Crippen LogP contribution in [0.25, 0.3) is 0 Å². The number of carbonyl (C=O) groups is 1. The molecule has 1 aromatic heterocycles. The molecule has 0 bridgehead atoms. The van der Waals surface area contributed by atoms with Gasteiger partial charge in [0.25, 0.3) is 6.43 Å². The quantitative estimate of drug-likeness (QED) is 0.511. The Morgan fingerprint density at radius 1 is 1.12 bits per heavy atom. The van der Waals surface area contributed by atoms with Crippen LogP contribution in [0.3, 0.4) is 0 Å². The number of hydrogen-bond acceptors (Lipinski definition) is 4. The van der Waals surface area contributed by atoms with Gasteiger partial charge in [0.05, 0.1) is 16.1 Å². The zero-order valence-electron chi connectivity index (χ0n) is 16.9. The average Bonchev–Trinajstić information content (AvgIpc) is 2.74. The Balaban J connectivity index is 0.000000245. The average molecular weight is 502 g/mol. The number of alkyl halides is 7. The predicted molar refractivity (Wildman–Crippen MR) is 105 cm³/mol. The van der Waals surface area contributed by atoms with Gasteiger partial charge in [-0.3, -0.25) is 0 Å². The number of nitrogens with zero attached hydrogens (tertiary/aromatic N) is 2. The van der Waals surface area contributed by atoms with Gasteiger partial charge in [-0.2, -0.15) is 13.2 Å². The maximum absolute atomic E-state index is 13.2. The largest absolute Gasteiger partial charge is 0.478 e. The van der Waals surface area contributed by atoms with Crippen LogP contribution in [0.15, 0.2) is 30.6 Å². The lowest BCUT2D eigenvalue weighted by atomic mass is 9.69. The fraction of sp³-hybridized carbons (Fsp3) is 0.450. The summed E-state index contributed by atoms with van der Waals surface area (Å²) in [5, 5.41) is 7.72. The van der Waals surface area contributed by atoms with E-state index in [0.717, 1.165) is 18.2 Å². The summed E-state index contributed by atoms with van der Waals surface area (Å²) in [6.45, 7) is 0.181. The minimum Gasteiger partial charge on any atom is -0.478 e. The molecule has 13 heteroatoms. The van der Waals surface area contributed by atoms with Gasteiger partial charge >= 0.3 is 12.1 Å². The van der Waals surface area contributed by atoms with E-state index in [1.807, 2.05) is 0 Å². The SMILES string of the molecule is NCC1(c2cnc(C(F)F)nc2)CCC(F)(F)CC1.O=C(O)c1cccc(C(F)(F)F)c1Cl. The number of carboxylic acid groups (broad SMARTS) is 1. The first-order valence-electron chi connectivity index (χ1n) is 9.50. The Kier molecular flexibility index (Phi) is 8.28. The summed E-state index contributed by atoms with van der Waals surface area (Å²) in [6.07, 6.45) is -4.87. The lowest BCUT2D eigenvalue weighted by molar-refractivity contribution is -0.137. The second kappa shape index (κ2) is 10.2. The van der Waals surface area contributed by atoms with Crippen LogP contribution in [0, 0.1) is 0 Å². The fourth-order valence-corrected chi connectivity index (χ4v) is 3.66. The first-order chi connectivity index (χ1) is 15.2. The topological polar surface area (TPSA) is 89.1 Å². The molecule has 0 unspecified atom stereocenters. The van der Waals surface area contributed by atoms with Gasteiger partial charge in [0, 0.05) is 37.2 Å². The molecular formula is C20H19ClF7N3O2. The third-order valence-electron chi connectivity index (χ3n) is 5.34. The number of carboxylic acids is 1. The molecule has 0 aliphatic heterocycles. The standard InChI is InChI=1S/C12H15F4N3.C8H4ClF3O2/c13-9(14)10-18-5-8(6-19-10)11(7-17)1-3-12(15,16)4-2-11;9-6-4(7(13)14)2-1-3-5(6)8(10,11)12/h5-6,9H,1-4,7,17H2;1-3H,(H,13,14). The number of rotatable bonds is 4. The Morgan fingerprint density at radius 2 is 1.67 bits per heavy atom. The number of nitrogens with two attached hydrogens (primary N) is 1. The van der Waals surface area contributed by atoms with E-state index >= 15 is 0 Å². The highest BCUT2D eigenvalue weighted by molar-refractivity contribution is 6.34. The molecule has 1 aliphatic carbocycles. The van der Waals surface area contributed by atoms with Crippen LogP contribution in [0.5, 0.6) is 0 Å². The molecule has 0 saturated heterocycles. The van der Waals surface area contributed by atoms with Gasteiger partial charge in [0.15, 0.2) is 5.82 Å². The molecule has 1 aliphatic rings. The second-order valence-electron chi connectivity index (χ2n) is 7.44. The summed E-state index contributed by atoms with van der Waals surface area (Å²) in [5.41, 5.74) is 3.96. The Labute approximate surface area is 188 Å². The van der Waals surface area contributed by atoms with E-state index in [-0.39, 0.29) is 32.2 Å². The number of halogens is 8. The van der Waals surface area contributed by atoms with Gasteiger partial charge < -0.3 is 10.8 Å². The number of hydrogen-bond donors (Lipinski definition) is 2. The molecule has 1 fully saturated rings. The lowest BCUT2D eigenvalue weighted by Crippen LogP contribution is -2.42. The van der Waals surface area contributed by atoms with Crippen molar-refractivity contribution in [3.8, 4) is 0 Å². The van der Waals surface area contributed by atoms with Crippen molar-refractivity contribution in [2.45, 2.75) is 49.6 Å². The van der Waals surface area contributed by atoms with E-state index in [4.69, 9.17) is 22.4 Å². The molecule has 2 aromatic rings. The smallest absolute Gasteiger partial charge is 0.417 e. The van der Waals surface area contributed by atoms with E-state index in [9.17, 15) is 35.5 Å². The van der Waals surface area contributed by atoms with E-state index in [2.05, 4.69) is 9.97 Å². The van der Waals surface area contributed by atoms with Crippen molar-refractivity contribution < 1.29 is 40.6 Å². The van der Waals surface area contributed by atoms with Crippen molar-refractivity contribution >= 4 is 17.6 Å². The zero-order chi connectivity index (χ0) is 25.0. The Bertz CT molecular complexity index is 959. The van der Waals surface area contributed by atoms with Crippen molar-refractivity contribution in [1.82, 2.24) is 9.97 Å². The number of benzene rings is 1. The first-order valence-corrected chi connectivity index (χ1v) is 9.88. The van der Waals surface area contributed by atoms with Gasteiger partial charge in [0.2, 0.25) is 5.92 Å². The van der Waals surface area contributed by atoms with Crippen LogP contribution in [-0.2, 0) is 11.6 Å². The van der Waals surface area contributed by atoms with Crippen LogP contribution in [0.2, 0.25) is 5.02 Å². The first kappa shape index (κ1) is 26.8. The number of aromatic carboxylic acids is 1. The Hall–Kier alpha value is -2.47. The van der Waals surface area contributed by atoms with Crippen molar-refractivity contribution in [1.29, 1.82) is 0 Å². The van der Waals surface area contributed by atoms with Gasteiger partial charge in [-0.1, -0.05) is 17.7 Å². The van der Waals surface area contributed by atoms with E-state index in [1.165, 1.54) is 12.4 Å². The van der Waals surface area contributed by atoms with Gasteiger partial charge in [0.1, 0.15) is 0 Å². The summed E-state index contributed by atoms with van der Waals surface area (Å²) in [5.74, 6) is -4.71. The summed E-state index contributed by atoms with van der Waals surface area (Å²) in [4.78, 5) is 17.6. The van der Waals surface area contributed by atoms with E-state index in [1.54, 1.807) is 0 Å². The molecule has 0 radical (unpaired) electrons. The maximum Gasteiger partial charge on any atom is 0.417 e. The van der Waals surface area contributed by atoms with Crippen molar-refractivity contribution in [3.05, 3.63) is 58.1 Å². The third kappa shape index (κ3) is 6.53. The summed E-state index contributed by atoms with van der Waals surface area (Å²) >= 11 is 5.29. The van der Waals surface area contributed by atoms with E-state index in [0.29, 0.717) is 5.56 Å². The van der Waals surface area contributed by atoms with E-state index < -0.39 is 51.9 Å². The second-order valence-corrected chi connectivity index (χ2v) is 7.82. The molecule has 5 nitrogen and oxygen atoms in total. The molecule has 33 heavy (non-hydrogen) atoms. The molecule has 0 amide bonds. The van der Waals surface area contributed by atoms with Gasteiger partial charge in [-0.05, 0) is 30.5 Å². The normalized spacial score (nSPS) is 17.3. The summed E-state index contributed by atoms with van der Waals surface area (Å²) in [6, 6.07) is 2.74. The van der Waals surface area contributed by atoms with Crippen molar-refractivity contribution in [3.63, 3.8) is 0 Å². The highest BCUT2D eigenvalue weighted by Crippen LogP contribution is 2.44. The molecule has 1 heterocycles. The lowest BCUT2D eigenvalue weighted by Gasteiger charge is -2.39. The van der Waals surface area contributed by atoms with Crippen LogP contribution in [0.4, 0.5) is 30.7 Å². The highest BCUT2D eigenvalue weighted by atomic mass is 35.5. The van der Waals surface area contributed by atoms with Crippen molar-refractivity contribution in [2.75, 3.05) is 6.54 Å². The van der Waals surface area contributed by atoms with Crippen LogP contribution >= 0.6 is 11.6 Å². The molecular weight excluding hydrogens is 483 g/mol. The fourth-order valence-electron chi connectivity index (χ4n) is 3.35. The number of aromatic nitrogens is 2. The third-order valence-corrected chi connectivity index (χ3v) is 5.75.